The van der Waals surface area contributed by atoms with Crippen molar-refractivity contribution >= 4 is 17.3 Å². The average molecular weight is 499 g/mol. The van der Waals surface area contributed by atoms with E-state index < -0.39 is 11.9 Å². The molecule has 3 aromatic carbocycles. The Morgan fingerprint density at radius 3 is 2.62 bits per heavy atom. The maximum atomic E-state index is 14.1. The van der Waals surface area contributed by atoms with Crippen molar-refractivity contribution in [3.8, 4) is 22.9 Å². The number of allylic oxidation sites excluding steroid dienone is 1. The third-order valence-corrected chi connectivity index (χ3v) is 6.70. The van der Waals surface area contributed by atoms with Crippen LogP contribution in [0.15, 0.2) is 70.9 Å². The molecular formula is C28H23FN4O4. The molecule has 1 atom stereocenters. The number of benzene rings is 3. The van der Waals surface area contributed by atoms with Gasteiger partial charge in [0.1, 0.15) is 5.82 Å². The van der Waals surface area contributed by atoms with E-state index in [0.29, 0.717) is 39.8 Å². The van der Waals surface area contributed by atoms with Crippen LogP contribution in [0.5, 0.6) is 11.5 Å². The van der Waals surface area contributed by atoms with E-state index in [1.54, 1.807) is 31.2 Å². The van der Waals surface area contributed by atoms with Crippen molar-refractivity contribution < 1.29 is 23.2 Å². The molecule has 0 radical (unpaired) electrons. The highest BCUT2D eigenvalue weighted by atomic mass is 19.1. The number of nitrogens with zero attached hydrogens (tertiary/aromatic N) is 3. The number of carbonyl (C=O) groups is 1. The zero-order chi connectivity index (χ0) is 25.7. The fraction of sp³-hybridized carbons (Fsp3) is 0.179. The van der Waals surface area contributed by atoms with Gasteiger partial charge in [-0.05, 0) is 73.9 Å². The molecule has 3 heterocycles. The lowest BCUT2D eigenvalue weighted by molar-refractivity contribution is 0.174. The van der Waals surface area contributed by atoms with Crippen LogP contribution in [0.3, 0.4) is 0 Å². The normalized spacial score (nSPS) is 16.8. The summed E-state index contributed by atoms with van der Waals surface area (Å²) >= 11 is 0. The minimum atomic E-state index is -0.554. The quantitative estimate of drug-likeness (QED) is 0.376. The van der Waals surface area contributed by atoms with E-state index in [0.717, 1.165) is 16.7 Å². The van der Waals surface area contributed by atoms with Crippen LogP contribution >= 0.6 is 0 Å². The molecule has 37 heavy (non-hydrogen) atoms. The van der Waals surface area contributed by atoms with E-state index in [9.17, 15) is 9.18 Å². The molecule has 1 N–H and O–H groups in total. The lowest BCUT2D eigenvalue weighted by Gasteiger charge is -2.35. The van der Waals surface area contributed by atoms with Crippen molar-refractivity contribution in [2.45, 2.75) is 26.8 Å². The fourth-order valence-electron chi connectivity index (χ4n) is 4.63. The first-order valence-corrected chi connectivity index (χ1v) is 11.8. The van der Waals surface area contributed by atoms with Gasteiger partial charge in [0.05, 0.1) is 17.3 Å². The lowest BCUT2D eigenvalue weighted by Crippen LogP contribution is -2.46. The first kappa shape index (κ1) is 22.8. The predicted octanol–water partition coefficient (Wildman–Crippen LogP) is 5.92. The van der Waals surface area contributed by atoms with Crippen LogP contribution in [0.2, 0.25) is 0 Å². The van der Waals surface area contributed by atoms with Crippen molar-refractivity contribution in [2.24, 2.45) is 0 Å². The van der Waals surface area contributed by atoms with Crippen LogP contribution in [0.1, 0.15) is 35.5 Å². The van der Waals surface area contributed by atoms with E-state index in [1.807, 2.05) is 38.1 Å². The monoisotopic (exact) mass is 498 g/mol. The molecule has 6 rings (SSSR count). The van der Waals surface area contributed by atoms with E-state index in [-0.39, 0.29) is 18.7 Å². The molecular weight excluding hydrogens is 475 g/mol. The molecule has 1 unspecified atom stereocenters. The Kier molecular flexibility index (Phi) is 5.40. The molecule has 0 fully saturated rings. The summed E-state index contributed by atoms with van der Waals surface area (Å²) in [4.78, 5) is 19.4. The standard InChI is InChI=1S/C28H23FN4O4/c1-15-7-8-18(11-16(15)2)25-24(17(3)33(28(34)30-25)21-6-4-5-20(29)13-21)27-31-26(32-37-27)19-9-10-22-23(12-19)36-14-35-22/h4-13,25H,14H2,1-3H3,(H,30,34). The summed E-state index contributed by atoms with van der Waals surface area (Å²) in [6.07, 6.45) is 0. The number of nitrogens with one attached hydrogen (secondary N) is 1. The van der Waals surface area contributed by atoms with Crippen molar-refractivity contribution in [1.29, 1.82) is 0 Å². The van der Waals surface area contributed by atoms with Crippen molar-refractivity contribution in [2.75, 3.05) is 11.7 Å². The topological polar surface area (TPSA) is 89.7 Å². The van der Waals surface area contributed by atoms with Gasteiger partial charge in [-0.25, -0.2) is 9.18 Å². The number of rotatable bonds is 4. The lowest BCUT2D eigenvalue weighted by atomic mass is 9.92. The summed E-state index contributed by atoms with van der Waals surface area (Å²) < 4.78 is 30.7. The number of ether oxygens (including phenoxy) is 2. The minimum Gasteiger partial charge on any atom is -0.454 e. The molecule has 9 heteroatoms. The fourth-order valence-corrected chi connectivity index (χ4v) is 4.63. The second-order valence-corrected chi connectivity index (χ2v) is 9.03. The Bertz CT molecular complexity index is 1580. The Morgan fingerprint density at radius 1 is 0.973 bits per heavy atom. The summed E-state index contributed by atoms with van der Waals surface area (Å²) in [6, 6.07) is 16.4. The van der Waals surface area contributed by atoms with Gasteiger partial charge in [-0.3, -0.25) is 4.90 Å². The van der Waals surface area contributed by atoms with Crippen LogP contribution in [0.4, 0.5) is 14.9 Å². The number of fused-ring (bicyclic) bond motifs is 1. The Morgan fingerprint density at radius 2 is 1.81 bits per heavy atom. The molecule has 0 spiro atoms. The Hall–Kier alpha value is -4.66. The number of hydrogen-bond acceptors (Lipinski definition) is 6. The summed E-state index contributed by atoms with van der Waals surface area (Å²) in [5.41, 5.74) is 5.35. The van der Waals surface area contributed by atoms with Crippen molar-refractivity contribution in [3.05, 3.63) is 94.8 Å². The number of carbonyl (C=O) groups excluding carboxylic acids is 1. The molecule has 186 valence electrons. The zero-order valence-corrected chi connectivity index (χ0v) is 20.4. The van der Waals surface area contributed by atoms with Crippen LogP contribution < -0.4 is 19.7 Å². The number of amides is 2. The summed E-state index contributed by atoms with van der Waals surface area (Å²) in [5, 5.41) is 7.26. The van der Waals surface area contributed by atoms with Crippen LogP contribution in [-0.2, 0) is 0 Å². The van der Waals surface area contributed by atoms with Gasteiger partial charge in [0.15, 0.2) is 11.5 Å². The highest BCUT2D eigenvalue weighted by Gasteiger charge is 2.36. The maximum Gasteiger partial charge on any atom is 0.327 e. The van der Waals surface area contributed by atoms with Crippen LogP contribution in [0.25, 0.3) is 17.0 Å². The van der Waals surface area contributed by atoms with E-state index in [2.05, 4.69) is 15.5 Å². The summed E-state index contributed by atoms with van der Waals surface area (Å²) in [5.74, 6) is 1.42. The second-order valence-electron chi connectivity index (χ2n) is 9.03. The van der Waals surface area contributed by atoms with Gasteiger partial charge in [-0.15, -0.1) is 0 Å². The van der Waals surface area contributed by atoms with Gasteiger partial charge >= 0.3 is 6.03 Å². The van der Waals surface area contributed by atoms with Gasteiger partial charge in [-0.1, -0.05) is 29.4 Å². The number of aromatic nitrogens is 2. The van der Waals surface area contributed by atoms with Gasteiger partial charge in [0, 0.05) is 11.3 Å². The molecule has 2 aliphatic heterocycles. The molecule has 0 aliphatic carbocycles. The second kappa shape index (κ2) is 8.77. The molecule has 0 saturated heterocycles. The first-order valence-electron chi connectivity index (χ1n) is 11.8. The Labute approximate surface area is 212 Å². The van der Waals surface area contributed by atoms with E-state index in [1.165, 1.54) is 17.0 Å². The SMILES string of the molecule is CC1=C(c2nc(-c3ccc4c(c3)OCO4)no2)C(c2ccc(C)c(C)c2)NC(=O)N1c1cccc(F)c1. The third-order valence-electron chi connectivity index (χ3n) is 6.70. The summed E-state index contributed by atoms with van der Waals surface area (Å²) in [7, 11) is 0. The molecule has 0 saturated carbocycles. The molecule has 4 aromatic rings. The number of halogens is 1. The highest BCUT2D eigenvalue weighted by Crippen LogP contribution is 2.40. The van der Waals surface area contributed by atoms with Crippen molar-refractivity contribution in [3.63, 3.8) is 0 Å². The smallest absolute Gasteiger partial charge is 0.327 e. The third kappa shape index (κ3) is 3.98. The largest absolute Gasteiger partial charge is 0.454 e. The molecule has 0 bridgehead atoms. The predicted molar refractivity (Wildman–Crippen MR) is 135 cm³/mol. The number of urea groups is 1. The van der Waals surface area contributed by atoms with Gasteiger partial charge in [0.25, 0.3) is 5.89 Å². The molecule has 2 amide bonds. The van der Waals surface area contributed by atoms with Gasteiger partial charge in [-0.2, -0.15) is 4.98 Å². The molecule has 2 aliphatic rings. The first-order chi connectivity index (χ1) is 17.9. The number of anilines is 1. The van der Waals surface area contributed by atoms with E-state index in [4.69, 9.17) is 14.0 Å². The highest BCUT2D eigenvalue weighted by molar-refractivity contribution is 6.01. The van der Waals surface area contributed by atoms with Crippen LogP contribution in [-0.4, -0.2) is 23.0 Å². The zero-order valence-electron chi connectivity index (χ0n) is 20.4. The van der Waals surface area contributed by atoms with Crippen molar-refractivity contribution in [1.82, 2.24) is 15.5 Å². The molecule has 8 nitrogen and oxygen atoms in total. The van der Waals surface area contributed by atoms with Crippen LogP contribution in [0, 0.1) is 19.7 Å². The minimum absolute atomic E-state index is 0.162. The Balaban J connectivity index is 1.48. The number of aryl methyl sites for hydroxylation is 2. The van der Waals surface area contributed by atoms with Gasteiger partial charge < -0.3 is 19.3 Å². The van der Waals surface area contributed by atoms with Gasteiger partial charge in [0.2, 0.25) is 12.6 Å². The molecule has 1 aromatic heterocycles. The number of hydrogen-bond donors (Lipinski definition) is 1. The average Bonchev–Trinajstić information content (AvgIpc) is 3.55. The maximum absolute atomic E-state index is 14.1. The summed E-state index contributed by atoms with van der Waals surface area (Å²) in [6.45, 7) is 6.00. The van der Waals surface area contributed by atoms with E-state index >= 15 is 0 Å².